The number of nitrogens with one attached hydrogen (secondary N) is 1. The maximum absolute atomic E-state index is 3.93. The van der Waals surface area contributed by atoms with E-state index in [2.05, 4.69) is 190 Å². The number of aromatic nitrogens is 4. The highest BCUT2D eigenvalue weighted by atomic mass is 15.3. The molecule has 2 saturated carbocycles. The summed E-state index contributed by atoms with van der Waals surface area (Å²) in [6.45, 7) is 51.1. The molecule has 2 aliphatic carbocycles. The number of rotatable bonds is 8. The number of hydrogen-bond donors (Lipinski definition) is 1. The van der Waals surface area contributed by atoms with E-state index < -0.39 is 0 Å². The summed E-state index contributed by atoms with van der Waals surface area (Å²) in [5, 5.41) is 10.3. The first-order valence-corrected chi connectivity index (χ1v) is 36.1. The van der Waals surface area contributed by atoms with Crippen LogP contribution in [0.5, 0.6) is 0 Å². The molecular weight excluding hydrogens is 1080 g/mol. The molecule has 0 bridgehead atoms. The Morgan fingerprint density at radius 2 is 0.818 bits per heavy atom. The van der Waals surface area contributed by atoms with Crippen molar-refractivity contribution >= 4 is 0 Å². The van der Waals surface area contributed by atoms with Crippen molar-refractivity contribution in [3.05, 3.63) is 48.2 Å². The van der Waals surface area contributed by atoms with Crippen LogP contribution >= 0.6 is 0 Å². The van der Waals surface area contributed by atoms with Gasteiger partial charge in [-0.2, -0.15) is 10.2 Å². The summed E-state index contributed by atoms with van der Waals surface area (Å²) in [5.74, 6) is 4.01. The summed E-state index contributed by atoms with van der Waals surface area (Å²) < 4.78 is 1.79. The van der Waals surface area contributed by atoms with Crippen molar-refractivity contribution in [1.82, 2.24) is 69.0 Å². The fourth-order valence-electron chi connectivity index (χ4n) is 12.1. The van der Waals surface area contributed by atoms with Crippen LogP contribution in [-0.4, -0.2) is 261 Å². The molecule has 14 heteroatoms. The first-order valence-electron chi connectivity index (χ1n) is 36.1. The minimum Gasteiger partial charge on any atom is -0.376 e. The lowest BCUT2D eigenvalue weighted by Gasteiger charge is -2.42. The van der Waals surface area contributed by atoms with E-state index in [9.17, 15) is 0 Å². The van der Waals surface area contributed by atoms with E-state index in [1.54, 1.807) is 10.9 Å². The Morgan fingerprint density at radius 1 is 0.455 bits per heavy atom. The number of piperidine rings is 5. The monoisotopic (exact) mass is 1240 g/mol. The van der Waals surface area contributed by atoms with Gasteiger partial charge in [0.05, 0.1) is 12.4 Å². The maximum atomic E-state index is 3.93. The van der Waals surface area contributed by atoms with Crippen molar-refractivity contribution in [3.63, 3.8) is 0 Å². The third-order valence-electron chi connectivity index (χ3n) is 19.4. The number of likely N-dealkylation sites (tertiary alicyclic amines) is 7. The first-order chi connectivity index (χ1) is 41.5. The lowest BCUT2D eigenvalue weighted by Crippen LogP contribution is -2.57. The largest absolute Gasteiger partial charge is 0.376 e. The zero-order valence-corrected chi connectivity index (χ0v) is 61.7. The average molecular weight is 1240 g/mol. The van der Waals surface area contributed by atoms with Crippen molar-refractivity contribution in [2.24, 2.45) is 30.7 Å². The van der Waals surface area contributed by atoms with E-state index in [0.29, 0.717) is 0 Å². The van der Waals surface area contributed by atoms with E-state index in [1.165, 1.54) is 263 Å². The Kier molecular flexibility index (Phi) is 51.6. The van der Waals surface area contributed by atoms with Gasteiger partial charge in [0.25, 0.3) is 0 Å². The highest BCUT2D eigenvalue weighted by molar-refractivity contribution is 4.98. The van der Waals surface area contributed by atoms with Gasteiger partial charge in [-0.15, -0.1) is 0 Å². The molecule has 1 N–H and O–H groups in total. The fourth-order valence-corrected chi connectivity index (χ4v) is 12.1. The van der Waals surface area contributed by atoms with Gasteiger partial charge in [0.1, 0.15) is 0 Å². The standard InChI is InChI=1S/C10H22N2.C9H17N.C8H18N2.C7H15N.C7H14.C6H14N2.2C6H13N.C5H8N2.C5H10.C4H6N2.CH4/c1-4-12(5-2)10-6-8-11(3)9-7-10;1-8(2)10-6-4-9(3)5-7-10;1-4-10(5-2)8-6-9(3)7-8;1-7-3-5-8(2)6-4-7;1-7-5-3-2-4-6-7;1-7(2)6-4-8(3)5-6;2*1-7-5-3-2-4-6-7;1-5-3-6-7(2)4-5;1-5-3-2-4-5;1-4-2-5-6-3-4;/h10H,4-9H2,1-3H3;9H,1,4-7H2,2-3H3;8H,4-7H2,1-3H3;7H,3-6H2,1-2H3;7H,2-6H2,1H3;6H,4-5H2,1-3H3;2*2-6H2,1H3;3-4H,1-2H3;5H,2-4H2,1H3;2-3H,1H3,(H,5,6);1H4. The third kappa shape index (κ3) is 44.2. The second kappa shape index (κ2) is 53.0. The number of H-pyrrole nitrogens is 1. The molecule has 0 aromatic carbocycles. The normalized spacial score (nSPS) is 21.3. The Morgan fingerprint density at radius 3 is 1.05 bits per heavy atom. The van der Waals surface area contributed by atoms with Crippen molar-refractivity contribution in [3.8, 4) is 0 Å². The molecule has 7 aliphatic heterocycles. The number of aryl methyl sites for hydroxylation is 3. The molecule has 0 unspecified atom stereocenters. The van der Waals surface area contributed by atoms with Crippen LogP contribution in [0.15, 0.2) is 37.1 Å². The van der Waals surface area contributed by atoms with Gasteiger partial charge in [-0.25, -0.2) is 0 Å². The first kappa shape index (κ1) is 85.6. The van der Waals surface area contributed by atoms with Crippen molar-refractivity contribution in [2.75, 3.05) is 174 Å². The van der Waals surface area contributed by atoms with Gasteiger partial charge in [0.2, 0.25) is 0 Å². The predicted octanol–water partition coefficient (Wildman–Crippen LogP) is 14.2. The van der Waals surface area contributed by atoms with E-state index in [0.717, 1.165) is 41.8 Å². The van der Waals surface area contributed by atoms with Crippen LogP contribution < -0.4 is 0 Å². The lowest BCUT2D eigenvalue weighted by molar-refractivity contribution is 0.0598. The van der Waals surface area contributed by atoms with Crippen molar-refractivity contribution < 1.29 is 0 Å². The molecule has 9 heterocycles. The summed E-state index contributed by atoms with van der Waals surface area (Å²) >= 11 is 0. The highest BCUT2D eigenvalue weighted by Crippen LogP contribution is 2.25. The Bertz CT molecular complexity index is 1710. The predicted molar refractivity (Wildman–Crippen MR) is 389 cm³/mol. The molecule has 14 nitrogen and oxygen atoms in total. The van der Waals surface area contributed by atoms with Crippen LogP contribution in [0.3, 0.4) is 0 Å². The summed E-state index contributed by atoms with van der Waals surface area (Å²) in [5.41, 5.74) is 3.62. The van der Waals surface area contributed by atoms with E-state index in [-0.39, 0.29) is 7.43 Å². The van der Waals surface area contributed by atoms with Crippen LogP contribution in [0.1, 0.15) is 209 Å². The van der Waals surface area contributed by atoms with E-state index >= 15 is 0 Å². The van der Waals surface area contributed by atoms with E-state index in [1.807, 2.05) is 39.5 Å². The zero-order chi connectivity index (χ0) is 64.9. The van der Waals surface area contributed by atoms with Gasteiger partial charge in [-0.3, -0.25) is 14.7 Å². The van der Waals surface area contributed by atoms with Crippen LogP contribution in [-0.2, 0) is 7.05 Å². The SMILES string of the molecule is C.C=C(C)N1CCC(C)CC1.CC1CCC1.CC1CCCCC1.CC1CCN(C)CC1.CCN(CC)C1CCN(C)CC1.CCN(CC)C1CN(C)C1.CN1CC(N(C)C)C1.CN1CCCCC1.CN1CCCCC1.Cc1cn[nH]c1.Cc1cnn(C)c1. The molecule has 2 aromatic heterocycles. The topological polar surface area (TPSA) is 78.9 Å². The molecule has 520 valence electrons. The molecule has 9 fully saturated rings. The molecule has 88 heavy (non-hydrogen) atoms. The van der Waals surface area contributed by atoms with Gasteiger partial charge in [0, 0.05) is 82.5 Å². The molecule has 0 spiro atoms. The van der Waals surface area contributed by atoms with Crippen LogP contribution in [0.2, 0.25) is 0 Å². The van der Waals surface area contributed by atoms with Gasteiger partial charge in [-0.05, 0) is 255 Å². The Labute approximate surface area is 549 Å². The van der Waals surface area contributed by atoms with Crippen LogP contribution in [0.25, 0.3) is 0 Å². The highest BCUT2D eigenvalue weighted by Gasteiger charge is 2.27. The average Bonchev–Trinajstić information content (AvgIpc) is 2.82. The number of aromatic amines is 1. The molecule has 9 aliphatic rings. The van der Waals surface area contributed by atoms with Crippen LogP contribution in [0.4, 0.5) is 0 Å². The van der Waals surface area contributed by atoms with Crippen molar-refractivity contribution in [2.45, 2.75) is 230 Å². The Hall–Kier alpha value is -2.40. The fraction of sp³-hybridized carbons (Fsp3) is 0.892. The third-order valence-corrected chi connectivity index (χ3v) is 19.4. The minimum atomic E-state index is 0. The molecular formula is C74H154N14. The molecule has 7 saturated heterocycles. The quantitative estimate of drug-likeness (QED) is 0.273. The molecule has 0 radical (unpaired) electrons. The van der Waals surface area contributed by atoms with Gasteiger partial charge in [0.15, 0.2) is 0 Å². The zero-order valence-electron chi connectivity index (χ0n) is 61.7. The van der Waals surface area contributed by atoms with E-state index in [4.69, 9.17) is 0 Å². The number of likely N-dealkylation sites (N-methyl/N-ethyl adjacent to an activating group) is 4. The molecule has 11 rings (SSSR count). The summed E-state index contributed by atoms with van der Waals surface area (Å²) in [4.78, 5) is 24.1. The summed E-state index contributed by atoms with van der Waals surface area (Å²) in [6, 6.07) is 2.52. The second-order valence-electron chi connectivity index (χ2n) is 28.6. The second-order valence-corrected chi connectivity index (χ2v) is 28.6. The number of allylic oxidation sites excluding steroid dienone is 1. The van der Waals surface area contributed by atoms with Crippen molar-refractivity contribution in [1.29, 1.82) is 0 Å². The molecule has 2 aromatic rings. The number of nitrogens with zero attached hydrogens (tertiary/aromatic N) is 13. The van der Waals surface area contributed by atoms with Gasteiger partial charge >= 0.3 is 0 Å². The molecule has 0 atom stereocenters. The van der Waals surface area contributed by atoms with Crippen LogP contribution in [0, 0.1) is 37.5 Å². The van der Waals surface area contributed by atoms with Gasteiger partial charge in [-0.1, -0.05) is 134 Å². The molecule has 0 amide bonds. The minimum absolute atomic E-state index is 0. The summed E-state index contributed by atoms with van der Waals surface area (Å²) in [7, 11) is 19.3. The Balaban J connectivity index is 0.000000951. The smallest absolute Gasteiger partial charge is 0.0518 e. The maximum Gasteiger partial charge on any atom is 0.0518 e. The number of hydrogen-bond acceptors (Lipinski definition) is 12. The lowest BCUT2D eigenvalue weighted by atomic mass is 9.88. The van der Waals surface area contributed by atoms with Gasteiger partial charge < -0.3 is 44.1 Å². The summed E-state index contributed by atoms with van der Waals surface area (Å²) in [6.07, 6.45) is 36.1.